The van der Waals surface area contributed by atoms with Crippen molar-refractivity contribution in [3.05, 3.63) is 91.0 Å². The summed E-state index contributed by atoms with van der Waals surface area (Å²) in [5.74, 6) is 0. The van der Waals surface area contributed by atoms with Crippen LogP contribution in [-0.2, 0) is 0 Å². The van der Waals surface area contributed by atoms with Gasteiger partial charge in [0.25, 0.3) is 0 Å². The summed E-state index contributed by atoms with van der Waals surface area (Å²) >= 11 is 0. The fourth-order valence-electron chi connectivity index (χ4n) is 2.73. The van der Waals surface area contributed by atoms with Crippen LogP contribution in [0.5, 0.6) is 0 Å². The van der Waals surface area contributed by atoms with Crippen molar-refractivity contribution in [1.29, 1.82) is 0 Å². The summed E-state index contributed by atoms with van der Waals surface area (Å²) in [7, 11) is -2.71. The number of carbonyl (C=O) groups is 1. The zero-order valence-corrected chi connectivity index (χ0v) is 16.9. The van der Waals surface area contributed by atoms with Crippen LogP contribution in [0.4, 0.5) is 4.79 Å². The highest BCUT2D eigenvalue weighted by Crippen LogP contribution is 2.55. The van der Waals surface area contributed by atoms with Gasteiger partial charge in [0.15, 0.2) is 0 Å². The van der Waals surface area contributed by atoms with E-state index in [1.807, 2.05) is 91.0 Å². The Morgan fingerprint density at radius 1 is 0.615 bits per heavy atom. The first-order chi connectivity index (χ1) is 12.3. The predicted octanol–water partition coefficient (Wildman–Crippen LogP) is 1.83. The van der Waals surface area contributed by atoms with E-state index < -0.39 is 13.0 Å². The van der Waals surface area contributed by atoms with E-state index in [-0.39, 0.29) is 17.0 Å². The van der Waals surface area contributed by atoms with Crippen molar-refractivity contribution in [2.45, 2.75) is 19.3 Å². The Hall–Kier alpha value is -1.96. The van der Waals surface area contributed by atoms with Gasteiger partial charge < -0.3 is 22.1 Å². The van der Waals surface area contributed by atoms with E-state index in [2.05, 4.69) is 0 Å². The molecule has 3 aromatic carbocycles. The monoisotopic (exact) mass is 428 g/mol. The molecule has 26 heavy (non-hydrogen) atoms. The first-order valence-electron chi connectivity index (χ1n) is 8.55. The molecule has 0 amide bonds. The summed E-state index contributed by atoms with van der Waals surface area (Å²) in [6, 6.07) is 28.7. The summed E-state index contributed by atoms with van der Waals surface area (Å²) in [6.07, 6.45) is 4.50. The van der Waals surface area contributed by atoms with E-state index in [1.54, 1.807) is 0 Å². The van der Waals surface area contributed by atoms with Crippen LogP contribution in [0, 0.1) is 0 Å². The van der Waals surface area contributed by atoms with Gasteiger partial charge in [0.05, 0.1) is 0 Å². The lowest BCUT2D eigenvalue weighted by atomic mass is 10.4. The number of carboxylic acid groups (broad SMARTS) is 1. The summed E-state index contributed by atoms with van der Waals surface area (Å²) in [4.78, 5) is 12.5. The SMILES string of the molecule is C1CC1.O=C(O)[P+](c1ccccc1)(c1ccccc1)c1ccccc1.[Br-]. The van der Waals surface area contributed by atoms with E-state index >= 15 is 0 Å². The van der Waals surface area contributed by atoms with Gasteiger partial charge in [-0.25, -0.2) is 4.79 Å². The van der Waals surface area contributed by atoms with Crippen LogP contribution in [0.2, 0.25) is 0 Å². The predicted molar refractivity (Wildman–Crippen MR) is 107 cm³/mol. The van der Waals surface area contributed by atoms with E-state index in [0.717, 1.165) is 15.9 Å². The molecule has 0 aliphatic heterocycles. The lowest BCUT2D eigenvalue weighted by Crippen LogP contribution is -3.00. The Bertz CT molecular complexity index is 706. The van der Waals surface area contributed by atoms with E-state index in [1.165, 1.54) is 19.3 Å². The van der Waals surface area contributed by atoms with Crippen LogP contribution in [-0.4, -0.2) is 10.8 Å². The molecule has 0 radical (unpaired) electrons. The molecule has 3 aromatic rings. The quantitative estimate of drug-likeness (QED) is 0.643. The molecule has 0 unspecified atom stereocenters. The Morgan fingerprint density at radius 2 is 0.885 bits per heavy atom. The van der Waals surface area contributed by atoms with Crippen molar-refractivity contribution in [2.24, 2.45) is 0 Å². The van der Waals surface area contributed by atoms with Gasteiger partial charge in [-0.05, 0) is 36.4 Å². The van der Waals surface area contributed by atoms with Gasteiger partial charge in [-0.2, -0.15) is 0 Å². The minimum absolute atomic E-state index is 0. The molecule has 0 bridgehead atoms. The van der Waals surface area contributed by atoms with Crippen LogP contribution in [0.15, 0.2) is 91.0 Å². The standard InChI is InChI=1S/C19H15O2P.C3H6.BrH/c20-19(21)22(16-10-4-1-5-11-16,17-12-6-2-7-13-17)18-14-8-3-9-15-18;1-2-3-1;/h1-15H;1-3H2;1H. The van der Waals surface area contributed by atoms with Crippen molar-refractivity contribution in [1.82, 2.24) is 0 Å². The fraction of sp³-hybridized carbons (Fsp3) is 0.136. The first-order valence-corrected chi connectivity index (χ1v) is 10.3. The van der Waals surface area contributed by atoms with Crippen molar-refractivity contribution < 1.29 is 26.9 Å². The molecule has 0 atom stereocenters. The average molecular weight is 429 g/mol. The van der Waals surface area contributed by atoms with Gasteiger partial charge in [-0.15, -0.1) is 0 Å². The van der Waals surface area contributed by atoms with Gasteiger partial charge in [0.1, 0.15) is 15.9 Å². The van der Waals surface area contributed by atoms with Crippen LogP contribution < -0.4 is 32.9 Å². The highest BCUT2D eigenvalue weighted by atomic mass is 79.9. The second kappa shape index (κ2) is 9.66. The molecule has 0 aromatic heterocycles. The van der Waals surface area contributed by atoms with Crippen molar-refractivity contribution in [2.75, 3.05) is 0 Å². The Labute approximate surface area is 166 Å². The maximum absolute atomic E-state index is 12.5. The number of rotatable bonds is 4. The smallest absolute Gasteiger partial charge is 0.464 e. The number of hydrogen-bond donors (Lipinski definition) is 1. The molecule has 1 fully saturated rings. The van der Waals surface area contributed by atoms with Crippen LogP contribution in [0.1, 0.15) is 19.3 Å². The van der Waals surface area contributed by atoms with E-state index in [4.69, 9.17) is 0 Å². The molecule has 0 spiro atoms. The molecule has 1 aliphatic carbocycles. The second-order valence-electron chi connectivity index (χ2n) is 6.02. The minimum Gasteiger partial charge on any atom is -1.00 e. The molecular weight excluding hydrogens is 407 g/mol. The summed E-state index contributed by atoms with van der Waals surface area (Å²) in [5.41, 5.74) is -0.767. The molecule has 1 N–H and O–H groups in total. The van der Waals surface area contributed by atoms with Crippen molar-refractivity contribution in [3.63, 3.8) is 0 Å². The van der Waals surface area contributed by atoms with Gasteiger partial charge in [0.2, 0.25) is 7.26 Å². The van der Waals surface area contributed by atoms with Crippen LogP contribution in [0.3, 0.4) is 0 Å². The Morgan fingerprint density at radius 3 is 1.08 bits per heavy atom. The maximum Gasteiger partial charge on any atom is 0.464 e. The lowest BCUT2D eigenvalue weighted by Gasteiger charge is -2.21. The Balaban J connectivity index is 0.000000552. The van der Waals surface area contributed by atoms with Gasteiger partial charge in [-0.3, -0.25) is 0 Å². The number of hydrogen-bond acceptors (Lipinski definition) is 1. The molecule has 134 valence electrons. The Kier molecular flexibility index (Phi) is 7.56. The highest BCUT2D eigenvalue weighted by Gasteiger charge is 2.54. The third kappa shape index (κ3) is 4.41. The molecule has 4 heteroatoms. The third-order valence-corrected chi connectivity index (χ3v) is 7.86. The molecule has 4 rings (SSSR count). The zero-order chi connectivity index (χ0) is 17.5. The summed E-state index contributed by atoms with van der Waals surface area (Å²) < 4.78 is 0. The van der Waals surface area contributed by atoms with E-state index in [9.17, 15) is 9.90 Å². The summed E-state index contributed by atoms with van der Waals surface area (Å²) in [6.45, 7) is 0. The summed E-state index contributed by atoms with van der Waals surface area (Å²) in [5, 5.41) is 12.8. The largest absolute Gasteiger partial charge is 1.00 e. The molecule has 0 heterocycles. The molecular formula is C22H22BrO2P. The van der Waals surface area contributed by atoms with E-state index in [0.29, 0.717) is 0 Å². The maximum atomic E-state index is 12.5. The highest BCUT2D eigenvalue weighted by molar-refractivity contribution is 8.07. The lowest BCUT2D eigenvalue weighted by molar-refractivity contribution is -0.00000986. The van der Waals surface area contributed by atoms with Crippen molar-refractivity contribution >= 4 is 28.9 Å². The molecule has 0 saturated heterocycles. The van der Waals surface area contributed by atoms with Gasteiger partial charge >= 0.3 is 5.71 Å². The average Bonchev–Trinajstić information content (AvgIpc) is 3.54. The minimum atomic E-state index is -2.71. The molecule has 1 aliphatic rings. The van der Waals surface area contributed by atoms with Gasteiger partial charge in [0, 0.05) is 0 Å². The van der Waals surface area contributed by atoms with Crippen LogP contribution in [0.25, 0.3) is 0 Å². The van der Waals surface area contributed by atoms with Crippen LogP contribution >= 0.6 is 7.26 Å². The first kappa shape index (κ1) is 20.4. The third-order valence-electron chi connectivity index (χ3n) is 4.07. The zero-order valence-electron chi connectivity index (χ0n) is 14.5. The normalized spacial score (nSPS) is 12.2. The topological polar surface area (TPSA) is 37.3 Å². The second-order valence-corrected chi connectivity index (χ2v) is 9.29. The molecule has 1 saturated carbocycles. The fourth-order valence-corrected chi connectivity index (χ4v) is 6.15. The number of halogens is 1. The van der Waals surface area contributed by atoms with Gasteiger partial charge in [-0.1, -0.05) is 73.9 Å². The number of benzene rings is 3. The molecule has 2 nitrogen and oxygen atoms in total. The van der Waals surface area contributed by atoms with Crippen molar-refractivity contribution in [3.8, 4) is 0 Å².